The molecule has 0 radical (unpaired) electrons. The molecule has 5 heteroatoms. The normalized spacial score (nSPS) is 13.4. The number of aliphatic hydroxyl groups excluding tert-OH is 1. The van der Waals surface area contributed by atoms with Gasteiger partial charge in [0.2, 0.25) is 0 Å². The summed E-state index contributed by atoms with van der Waals surface area (Å²) in [4.78, 5) is 11.9. The van der Waals surface area contributed by atoms with Crippen LogP contribution in [0.15, 0.2) is 53.1 Å². The Balaban J connectivity index is 1.71. The van der Waals surface area contributed by atoms with Gasteiger partial charge in [0.05, 0.1) is 6.26 Å². The Morgan fingerprint density at radius 2 is 2.05 bits per heavy atom. The maximum absolute atomic E-state index is 11.9. The molecule has 1 aromatic carbocycles. The van der Waals surface area contributed by atoms with E-state index in [9.17, 15) is 9.90 Å². The van der Waals surface area contributed by atoms with Crippen LogP contribution in [-0.2, 0) is 4.79 Å². The van der Waals surface area contributed by atoms with Crippen LogP contribution < -0.4 is 10.1 Å². The highest BCUT2D eigenvalue weighted by Crippen LogP contribution is 2.16. The number of aliphatic hydroxyl groups is 1. The van der Waals surface area contributed by atoms with E-state index in [4.69, 9.17) is 9.15 Å². The molecule has 1 amide bonds. The summed E-state index contributed by atoms with van der Waals surface area (Å²) in [5, 5.41) is 12.5. The molecule has 0 aliphatic heterocycles. The maximum atomic E-state index is 11.9. The standard InChI is InChI=1S/C16H19NO4/c1-12(21-13-6-3-2-4-7-13)16(19)17-10-9-14(18)15-8-5-11-20-15/h2-8,11-12,14,18H,9-10H2,1H3,(H,17,19)/t12-,14+/m0/s1. The molecule has 2 N–H and O–H groups in total. The van der Waals surface area contributed by atoms with E-state index in [1.807, 2.05) is 18.2 Å². The number of furan rings is 1. The second-order valence-corrected chi connectivity index (χ2v) is 4.68. The summed E-state index contributed by atoms with van der Waals surface area (Å²) in [6.45, 7) is 2.04. The number of benzene rings is 1. The van der Waals surface area contributed by atoms with E-state index < -0.39 is 12.2 Å². The first kappa shape index (κ1) is 15.1. The van der Waals surface area contributed by atoms with Crippen LogP contribution in [0.1, 0.15) is 25.2 Å². The molecule has 112 valence electrons. The molecule has 1 aromatic heterocycles. The van der Waals surface area contributed by atoms with Gasteiger partial charge in [-0.2, -0.15) is 0 Å². The molecule has 0 bridgehead atoms. The number of carbonyl (C=O) groups is 1. The zero-order valence-corrected chi connectivity index (χ0v) is 11.9. The first-order chi connectivity index (χ1) is 10.2. The molecule has 0 spiro atoms. The summed E-state index contributed by atoms with van der Waals surface area (Å²) in [7, 11) is 0. The second kappa shape index (κ2) is 7.50. The Labute approximate surface area is 123 Å². The molecule has 2 aromatic rings. The van der Waals surface area contributed by atoms with E-state index in [0.717, 1.165) is 0 Å². The van der Waals surface area contributed by atoms with Gasteiger partial charge in [-0.3, -0.25) is 4.79 Å². The highest BCUT2D eigenvalue weighted by molar-refractivity contribution is 5.80. The van der Waals surface area contributed by atoms with Gasteiger partial charge in [0, 0.05) is 6.54 Å². The molecule has 5 nitrogen and oxygen atoms in total. The number of carbonyl (C=O) groups excluding carboxylic acids is 1. The maximum Gasteiger partial charge on any atom is 0.260 e. The average Bonchev–Trinajstić information content (AvgIpc) is 3.02. The highest BCUT2D eigenvalue weighted by atomic mass is 16.5. The number of para-hydroxylation sites is 1. The van der Waals surface area contributed by atoms with Crippen LogP contribution in [0.2, 0.25) is 0 Å². The van der Waals surface area contributed by atoms with E-state index in [-0.39, 0.29) is 5.91 Å². The number of rotatable bonds is 7. The minimum atomic E-state index is -0.717. The third-order valence-corrected chi connectivity index (χ3v) is 3.01. The molecule has 2 rings (SSSR count). The molecular weight excluding hydrogens is 270 g/mol. The van der Waals surface area contributed by atoms with Gasteiger partial charge in [-0.1, -0.05) is 18.2 Å². The smallest absolute Gasteiger partial charge is 0.260 e. The molecule has 21 heavy (non-hydrogen) atoms. The van der Waals surface area contributed by atoms with Crippen molar-refractivity contribution in [2.24, 2.45) is 0 Å². The first-order valence-electron chi connectivity index (χ1n) is 6.87. The number of amides is 1. The Kier molecular flexibility index (Phi) is 5.40. The summed E-state index contributed by atoms with van der Waals surface area (Å²) >= 11 is 0. The van der Waals surface area contributed by atoms with Crippen LogP contribution in [0.5, 0.6) is 5.75 Å². The van der Waals surface area contributed by atoms with Gasteiger partial charge >= 0.3 is 0 Å². The predicted molar refractivity (Wildman–Crippen MR) is 77.8 cm³/mol. The quantitative estimate of drug-likeness (QED) is 0.820. The van der Waals surface area contributed by atoms with Crippen molar-refractivity contribution in [3.63, 3.8) is 0 Å². The molecule has 0 unspecified atom stereocenters. The van der Waals surface area contributed by atoms with Crippen LogP contribution in [0.4, 0.5) is 0 Å². The van der Waals surface area contributed by atoms with Crippen LogP contribution in [0.25, 0.3) is 0 Å². The van der Waals surface area contributed by atoms with E-state index in [1.54, 1.807) is 31.2 Å². The number of ether oxygens (including phenoxy) is 1. The zero-order valence-electron chi connectivity index (χ0n) is 11.9. The summed E-state index contributed by atoms with van der Waals surface area (Å²) < 4.78 is 10.6. The van der Waals surface area contributed by atoms with E-state index >= 15 is 0 Å². The monoisotopic (exact) mass is 289 g/mol. The third-order valence-electron chi connectivity index (χ3n) is 3.01. The molecule has 0 saturated heterocycles. The summed E-state index contributed by atoms with van der Waals surface area (Å²) in [5.74, 6) is 0.930. The minimum absolute atomic E-state index is 0.217. The number of nitrogens with one attached hydrogen (secondary N) is 1. The molecule has 1 heterocycles. The Bertz CT molecular complexity index is 539. The molecule has 0 aliphatic rings. The summed E-state index contributed by atoms with van der Waals surface area (Å²) in [5.41, 5.74) is 0. The van der Waals surface area contributed by atoms with Gasteiger partial charge in [0.15, 0.2) is 6.10 Å². The SMILES string of the molecule is C[C@H](Oc1ccccc1)C(=O)NCC[C@@H](O)c1ccco1. The largest absolute Gasteiger partial charge is 0.481 e. The topological polar surface area (TPSA) is 71.7 Å². The Hall–Kier alpha value is -2.27. The van der Waals surface area contributed by atoms with Crippen molar-refractivity contribution in [1.29, 1.82) is 0 Å². The average molecular weight is 289 g/mol. The van der Waals surface area contributed by atoms with Crippen molar-refractivity contribution in [3.8, 4) is 5.75 Å². The van der Waals surface area contributed by atoms with Crippen molar-refractivity contribution in [2.75, 3.05) is 6.54 Å². The lowest BCUT2D eigenvalue weighted by Crippen LogP contribution is -2.37. The first-order valence-corrected chi connectivity index (χ1v) is 6.87. The van der Waals surface area contributed by atoms with E-state index in [0.29, 0.717) is 24.5 Å². The van der Waals surface area contributed by atoms with Crippen LogP contribution in [0, 0.1) is 0 Å². The van der Waals surface area contributed by atoms with Gasteiger partial charge in [-0.25, -0.2) is 0 Å². The lowest BCUT2D eigenvalue weighted by molar-refractivity contribution is -0.127. The fourth-order valence-electron chi connectivity index (χ4n) is 1.86. The van der Waals surface area contributed by atoms with Gasteiger partial charge in [-0.05, 0) is 37.6 Å². The van der Waals surface area contributed by atoms with Gasteiger partial charge in [0.25, 0.3) is 5.91 Å². The van der Waals surface area contributed by atoms with Gasteiger partial charge in [-0.15, -0.1) is 0 Å². The number of hydrogen-bond donors (Lipinski definition) is 2. The lowest BCUT2D eigenvalue weighted by atomic mass is 10.2. The molecule has 2 atom stereocenters. The Morgan fingerprint density at radius 3 is 2.71 bits per heavy atom. The lowest BCUT2D eigenvalue weighted by Gasteiger charge is -2.15. The summed E-state index contributed by atoms with van der Waals surface area (Å²) in [6, 6.07) is 12.6. The zero-order chi connectivity index (χ0) is 15.1. The van der Waals surface area contributed by atoms with Crippen LogP contribution >= 0.6 is 0 Å². The van der Waals surface area contributed by atoms with Gasteiger partial charge < -0.3 is 19.6 Å². The summed E-state index contributed by atoms with van der Waals surface area (Å²) in [6.07, 6.45) is 0.586. The van der Waals surface area contributed by atoms with Crippen LogP contribution in [-0.4, -0.2) is 23.7 Å². The predicted octanol–water partition coefficient (Wildman–Crippen LogP) is 2.29. The van der Waals surface area contributed by atoms with Crippen LogP contribution in [0.3, 0.4) is 0 Å². The molecule has 0 saturated carbocycles. The van der Waals surface area contributed by atoms with Crippen molar-refractivity contribution in [2.45, 2.75) is 25.6 Å². The number of hydrogen-bond acceptors (Lipinski definition) is 4. The third kappa shape index (κ3) is 4.65. The minimum Gasteiger partial charge on any atom is -0.481 e. The Morgan fingerprint density at radius 1 is 1.29 bits per heavy atom. The highest BCUT2D eigenvalue weighted by Gasteiger charge is 2.15. The van der Waals surface area contributed by atoms with E-state index in [1.165, 1.54) is 6.26 Å². The fraction of sp³-hybridized carbons (Fsp3) is 0.312. The van der Waals surface area contributed by atoms with Crippen molar-refractivity contribution < 1.29 is 19.1 Å². The fourth-order valence-corrected chi connectivity index (χ4v) is 1.86. The van der Waals surface area contributed by atoms with Gasteiger partial charge in [0.1, 0.15) is 17.6 Å². The molecule has 0 fully saturated rings. The van der Waals surface area contributed by atoms with E-state index in [2.05, 4.69) is 5.32 Å². The van der Waals surface area contributed by atoms with Crippen molar-refractivity contribution in [1.82, 2.24) is 5.32 Å². The van der Waals surface area contributed by atoms with Crippen molar-refractivity contribution in [3.05, 3.63) is 54.5 Å². The molecule has 0 aliphatic carbocycles. The second-order valence-electron chi connectivity index (χ2n) is 4.68. The van der Waals surface area contributed by atoms with Crippen molar-refractivity contribution >= 4 is 5.91 Å². The molecular formula is C16H19NO4.